The van der Waals surface area contributed by atoms with E-state index >= 15 is 0 Å². The molecule has 4 heteroatoms. The maximum Gasteiger partial charge on any atom is 0.225 e. The van der Waals surface area contributed by atoms with Crippen molar-refractivity contribution in [2.45, 2.75) is 6.92 Å². The van der Waals surface area contributed by atoms with Crippen LogP contribution in [0.2, 0.25) is 0 Å². The average Bonchev–Trinajstić information content (AvgIpc) is 2.06. The Hall–Kier alpha value is -1.19. The first kappa shape index (κ1) is 8.41. The smallest absolute Gasteiger partial charge is 0.225 e. The molecule has 0 aromatic carbocycles. The standard InChI is InChI=1S/C9H12FN3/c1-7-3-11-9(12-4-7)13-5-8(2-10)6-13/h3-4,8H,2,5-6H2,1H3. The molecule has 70 valence electrons. The van der Waals surface area contributed by atoms with E-state index in [2.05, 4.69) is 9.97 Å². The summed E-state index contributed by atoms with van der Waals surface area (Å²) in [5.41, 5.74) is 1.05. The normalized spacial score (nSPS) is 17.2. The van der Waals surface area contributed by atoms with E-state index in [1.807, 2.05) is 11.8 Å². The lowest BCUT2D eigenvalue weighted by Crippen LogP contribution is -2.48. The zero-order valence-electron chi connectivity index (χ0n) is 7.57. The lowest BCUT2D eigenvalue weighted by atomic mass is 10.0. The van der Waals surface area contributed by atoms with Gasteiger partial charge in [0.25, 0.3) is 0 Å². The van der Waals surface area contributed by atoms with E-state index in [9.17, 15) is 4.39 Å². The van der Waals surface area contributed by atoms with Crippen molar-refractivity contribution < 1.29 is 4.39 Å². The number of nitrogens with zero attached hydrogens (tertiary/aromatic N) is 3. The summed E-state index contributed by atoms with van der Waals surface area (Å²) in [6, 6.07) is 0. The monoisotopic (exact) mass is 181 g/mol. The molecule has 0 N–H and O–H groups in total. The lowest BCUT2D eigenvalue weighted by molar-refractivity contribution is 0.303. The number of alkyl halides is 1. The summed E-state index contributed by atoms with van der Waals surface area (Å²) in [4.78, 5) is 10.3. The number of hydrogen-bond donors (Lipinski definition) is 0. The Labute approximate surface area is 76.6 Å². The Bertz CT molecular complexity index is 279. The molecule has 1 aromatic heterocycles. The highest BCUT2D eigenvalue weighted by Gasteiger charge is 2.28. The average molecular weight is 181 g/mol. The van der Waals surface area contributed by atoms with Gasteiger partial charge in [-0.2, -0.15) is 0 Å². The second-order valence-electron chi connectivity index (χ2n) is 3.49. The van der Waals surface area contributed by atoms with E-state index in [4.69, 9.17) is 0 Å². The summed E-state index contributed by atoms with van der Waals surface area (Å²) in [5, 5.41) is 0. The zero-order chi connectivity index (χ0) is 9.26. The topological polar surface area (TPSA) is 29.0 Å². The van der Waals surface area contributed by atoms with Crippen LogP contribution in [0.4, 0.5) is 10.3 Å². The summed E-state index contributed by atoms with van der Waals surface area (Å²) >= 11 is 0. The maximum atomic E-state index is 12.1. The molecule has 0 atom stereocenters. The molecule has 0 radical (unpaired) electrons. The molecule has 1 fully saturated rings. The van der Waals surface area contributed by atoms with Crippen molar-refractivity contribution in [3.05, 3.63) is 18.0 Å². The van der Waals surface area contributed by atoms with Gasteiger partial charge in [-0.1, -0.05) is 0 Å². The van der Waals surface area contributed by atoms with Gasteiger partial charge in [0.05, 0.1) is 6.67 Å². The molecule has 0 aliphatic carbocycles. The van der Waals surface area contributed by atoms with Crippen molar-refractivity contribution in [3.63, 3.8) is 0 Å². The zero-order valence-corrected chi connectivity index (χ0v) is 7.57. The van der Waals surface area contributed by atoms with Crippen LogP contribution in [-0.2, 0) is 0 Å². The van der Waals surface area contributed by atoms with E-state index < -0.39 is 0 Å². The third-order valence-corrected chi connectivity index (χ3v) is 2.23. The fourth-order valence-corrected chi connectivity index (χ4v) is 1.38. The van der Waals surface area contributed by atoms with Gasteiger partial charge in [-0.05, 0) is 12.5 Å². The van der Waals surface area contributed by atoms with Crippen LogP contribution in [0.15, 0.2) is 12.4 Å². The molecule has 3 nitrogen and oxygen atoms in total. The SMILES string of the molecule is Cc1cnc(N2CC(CF)C2)nc1. The van der Waals surface area contributed by atoms with Gasteiger partial charge in [-0.15, -0.1) is 0 Å². The molecule has 2 rings (SSSR count). The molecule has 1 aliphatic rings. The van der Waals surface area contributed by atoms with Gasteiger partial charge in [0.1, 0.15) is 0 Å². The summed E-state index contributed by atoms with van der Waals surface area (Å²) in [6.45, 7) is 3.21. The summed E-state index contributed by atoms with van der Waals surface area (Å²) in [6.07, 6.45) is 3.57. The van der Waals surface area contributed by atoms with Gasteiger partial charge < -0.3 is 4.90 Å². The first-order valence-electron chi connectivity index (χ1n) is 4.39. The molecule has 1 aromatic rings. The number of aryl methyl sites for hydroxylation is 1. The molecule has 0 spiro atoms. The highest BCUT2D eigenvalue weighted by molar-refractivity contribution is 5.33. The quantitative estimate of drug-likeness (QED) is 0.686. The highest BCUT2D eigenvalue weighted by Crippen LogP contribution is 2.20. The van der Waals surface area contributed by atoms with E-state index in [-0.39, 0.29) is 12.6 Å². The van der Waals surface area contributed by atoms with Crippen LogP contribution in [-0.4, -0.2) is 29.7 Å². The number of halogens is 1. The summed E-state index contributed by atoms with van der Waals surface area (Å²) in [7, 11) is 0. The minimum Gasteiger partial charge on any atom is -0.340 e. The third kappa shape index (κ3) is 1.61. The van der Waals surface area contributed by atoms with Crippen LogP contribution >= 0.6 is 0 Å². The number of anilines is 1. The first-order valence-corrected chi connectivity index (χ1v) is 4.39. The molecule has 1 saturated heterocycles. The van der Waals surface area contributed by atoms with Crippen molar-refractivity contribution in [2.75, 3.05) is 24.7 Å². The predicted octanol–water partition coefficient (Wildman–Crippen LogP) is 1.19. The van der Waals surface area contributed by atoms with E-state index in [0.717, 1.165) is 24.6 Å². The predicted molar refractivity (Wildman–Crippen MR) is 48.4 cm³/mol. The Morgan fingerprint density at radius 2 is 2.08 bits per heavy atom. The Morgan fingerprint density at radius 1 is 1.46 bits per heavy atom. The Morgan fingerprint density at radius 3 is 2.62 bits per heavy atom. The third-order valence-electron chi connectivity index (χ3n) is 2.23. The van der Waals surface area contributed by atoms with Crippen molar-refractivity contribution in [3.8, 4) is 0 Å². The van der Waals surface area contributed by atoms with Gasteiger partial charge in [-0.3, -0.25) is 4.39 Å². The largest absolute Gasteiger partial charge is 0.340 e. The van der Waals surface area contributed by atoms with Crippen LogP contribution < -0.4 is 4.90 Å². The van der Waals surface area contributed by atoms with Crippen LogP contribution in [0, 0.1) is 12.8 Å². The Kier molecular flexibility index (Phi) is 2.12. The summed E-state index contributed by atoms with van der Waals surface area (Å²) < 4.78 is 12.1. The van der Waals surface area contributed by atoms with Crippen LogP contribution in [0.5, 0.6) is 0 Å². The molecule has 13 heavy (non-hydrogen) atoms. The van der Waals surface area contributed by atoms with Gasteiger partial charge in [-0.25, -0.2) is 9.97 Å². The highest BCUT2D eigenvalue weighted by atomic mass is 19.1. The minimum absolute atomic E-state index is 0.185. The van der Waals surface area contributed by atoms with Gasteiger partial charge in [0, 0.05) is 31.4 Å². The second-order valence-corrected chi connectivity index (χ2v) is 3.49. The van der Waals surface area contributed by atoms with Crippen molar-refractivity contribution >= 4 is 5.95 Å². The molecular weight excluding hydrogens is 169 g/mol. The number of aromatic nitrogens is 2. The van der Waals surface area contributed by atoms with Crippen molar-refractivity contribution in [1.82, 2.24) is 9.97 Å². The molecule has 0 unspecified atom stereocenters. The number of rotatable bonds is 2. The fraction of sp³-hybridized carbons (Fsp3) is 0.556. The molecular formula is C9H12FN3. The van der Waals surface area contributed by atoms with Crippen LogP contribution in [0.3, 0.4) is 0 Å². The Balaban J connectivity index is 1.99. The summed E-state index contributed by atoms with van der Waals surface area (Å²) in [5.74, 6) is 0.903. The maximum absolute atomic E-state index is 12.1. The van der Waals surface area contributed by atoms with E-state index in [0.29, 0.717) is 0 Å². The van der Waals surface area contributed by atoms with Gasteiger partial charge in [0.15, 0.2) is 0 Å². The second kappa shape index (κ2) is 3.28. The van der Waals surface area contributed by atoms with Crippen LogP contribution in [0.25, 0.3) is 0 Å². The van der Waals surface area contributed by atoms with Gasteiger partial charge in [0.2, 0.25) is 5.95 Å². The molecule has 1 aliphatic heterocycles. The molecule has 0 saturated carbocycles. The van der Waals surface area contributed by atoms with Crippen molar-refractivity contribution in [1.29, 1.82) is 0 Å². The molecule has 0 amide bonds. The minimum atomic E-state index is -0.234. The fourth-order valence-electron chi connectivity index (χ4n) is 1.38. The lowest BCUT2D eigenvalue weighted by Gasteiger charge is -2.37. The molecule has 0 bridgehead atoms. The van der Waals surface area contributed by atoms with Crippen LogP contribution in [0.1, 0.15) is 5.56 Å². The van der Waals surface area contributed by atoms with Gasteiger partial charge >= 0.3 is 0 Å². The van der Waals surface area contributed by atoms with Crippen molar-refractivity contribution in [2.24, 2.45) is 5.92 Å². The van der Waals surface area contributed by atoms with E-state index in [1.54, 1.807) is 12.4 Å². The number of hydrogen-bond acceptors (Lipinski definition) is 3. The molecule has 2 heterocycles. The van der Waals surface area contributed by atoms with E-state index in [1.165, 1.54) is 0 Å². The first-order chi connectivity index (χ1) is 6.29.